The molecule has 12 aromatic rings. The van der Waals surface area contributed by atoms with Crippen LogP contribution in [0.1, 0.15) is 22.9 Å². The highest BCUT2D eigenvalue weighted by molar-refractivity contribution is 6.17. The summed E-state index contributed by atoms with van der Waals surface area (Å²) in [6, 6.07) is 72.3. The summed E-state index contributed by atoms with van der Waals surface area (Å²) in [6.07, 6.45) is -0.410. The number of furan rings is 2. The Kier molecular flexibility index (Phi) is 7.87. The summed E-state index contributed by atoms with van der Waals surface area (Å²) in [4.78, 5) is 10.3. The summed E-state index contributed by atoms with van der Waals surface area (Å²) in [7, 11) is 0. The van der Waals surface area contributed by atoms with E-state index in [4.69, 9.17) is 18.8 Å². The second-order valence-electron chi connectivity index (χ2n) is 16.2. The van der Waals surface area contributed by atoms with Crippen LogP contribution in [-0.2, 0) is 0 Å². The Labute approximate surface area is 361 Å². The largest absolute Gasteiger partial charge is 0.456 e. The Hall–Kier alpha value is -8.48. The molecule has 296 valence electrons. The van der Waals surface area contributed by atoms with Gasteiger partial charge in [0.1, 0.15) is 34.3 Å². The SMILES string of the molecule is c1ccc(C2=NC(c3ccc4oc5ccc(-c6cccc7c8cc(-c9ccccc9)ccc8n(-c8ccccc8)c67)cc5c4c3)NC(c3ccc4c(c3)oc3ccccc34)=N2)cc1. The van der Waals surface area contributed by atoms with Gasteiger partial charge in [0.2, 0.25) is 0 Å². The second kappa shape index (κ2) is 14.0. The second-order valence-corrected chi connectivity index (χ2v) is 16.2. The minimum atomic E-state index is -0.410. The number of amidine groups is 2. The van der Waals surface area contributed by atoms with Crippen LogP contribution >= 0.6 is 0 Å². The highest BCUT2D eigenvalue weighted by Gasteiger charge is 2.24. The Morgan fingerprint density at radius 2 is 1.05 bits per heavy atom. The maximum atomic E-state index is 6.52. The van der Waals surface area contributed by atoms with Gasteiger partial charge in [-0.25, -0.2) is 9.98 Å². The molecule has 6 heteroatoms. The van der Waals surface area contributed by atoms with Crippen molar-refractivity contribution >= 4 is 77.4 Å². The van der Waals surface area contributed by atoms with Crippen molar-refractivity contribution in [2.45, 2.75) is 6.17 Å². The maximum Gasteiger partial charge on any atom is 0.159 e. The molecule has 9 aromatic carbocycles. The average Bonchev–Trinajstić information content (AvgIpc) is 4.03. The van der Waals surface area contributed by atoms with Crippen molar-refractivity contribution in [1.82, 2.24) is 9.88 Å². The molecule has 0 radical (unpaired) electrons. The summed E-state index contributed by atoms with van der Waals surface area (Å²) >= 11 is 0. The first-order chi connectivity index (χ1) is 31.2. The predicted octanol–water partition coefficient (Wildman–Crippen LogP) is 14.4. The molecule has 0 amide bonds. The Morgan fingerprint density at radius 3 is 1.89 bits per heavy atom. The molecule has 1 N–H and O–H groups in total. The number of hydrogen-bond donors (Lipinski definition) is 1. The molecule has 0 aliphatic carbocycles. The number of para-hydroxylation sites is 3. The van der Waals surface area contributed by atoms with Gasteiger partial charge >= 0.3 is 0 Å². The van der Waals surface area contributed by atoms with Crippen molar-refractivity contribution in [3.05, 3.63) is 223 Å². The van der Waals surface area contributed by atoms with E-state index in [1.54, 1.807) is 0 Å². The van der Waals surface area contributed by atoms with E-state index < -0.39 is 6.17 Å². The summed E-state index contributed by atoms with van der Waals surface area (Å²) in [5, 5.41) is 10.3. The van der Waals surface area contributed by atoms with Gasteiger partial charge in [-0.2, -0.15) is 0 Å². The van der Waals surface area contributed by atoms with Crippen molar-refractivity contribution < 1.29 is 8.83 Å². The van der Waals surface area contributed by atoms with Crippen molar-refractivity contribution in [2.24, 2.45) is 9.98 Å². The Bertz CT molecular complexity index is 3820. The molecule has 0 bridgehead atoms. The number of benzene rings is 9. The van der Waals surface area contributed by atoms with E-state index in [0.717, 1.165) is 83.2 Å². The van der Waals surface area contributed by atoms with Crippen LogP contribution in [0.4, 0.5) is 0 Å². The summed E-state index contributed by atoms with van der Waals surface area (Å²) < 4.78 is 15.2. The molecule has 1 unspecified atom stereocenters. The number of rotatable bonds is 6. The van der Waals surface area contributed by atoms with Gasteiger partial charge in [0.15, 0.2) is 5.84 Å². The molecule has 1 aliphatic heterocycles. The number of hydrogen-bond acceptors (Lipinski definition) is 5. The molecule has 0 saturated heterocycles. The molecule has 6 nitrogen and oxygen atoms in total. The fraction of sp³-hybridized carbons (Fsp3) is 0.0175. The third-order valence-electron chi connectivity index (χ3n) is 12.5. The maximum absolute atomic E-state index is 6.52. The molecule has 1 aliphatic rings. The molecular weight excluding hydrogens is 773 g/mol. The molecule has 3 aromatic heterocycles. The van der Waals surface area contributed by atoms with Gasteiger partial charge in [-0.05, 0) is 89.0 Å². The number of aromatic nitrogens is 1. The van der Waals surface area contributed by atoms with E-state index in [2.05, 4.69) is 180 Å². The minimum Gasteiger partial charge on any atom is -0.456 e. The zero-order valence-corrected chi connectivity index (χ0v) is 33.9. The van der Waals surface area contributed by atoms with E-state index in [1.165, 1.54) is 32.9 Å². The monoisotopic (exact) mass is 808 g/mol. The van der Waals surface area contributed by atoms with Gasteiger partial charge in [-0.15, -0.1) is 0 Å². The van der Waals surface area contributed by atoms with Gasteiger partial charge in [-0.3, -0.25) is 0 Å². The van der Waals surface area contributed by atoms with E-state index in [1.807, 2.05) is 36.4 Å². The molecule has 0 saturated carbocycles. The third kappa shape index (κ3) is 5.80. The molecular formula is C57H36N4O2. The van der Waals surface area contributed by atoms with E-state index in [0.29, 0.717) is 5.84 Å². The molecule has 13 rings (SSSR count). The summed E-state index contributed by atoms with van der Waals surface area (Å²) in [5.74, 6) is 1.39. The van der Waals surface area contributed by atoms with E-state index in [9.17, 15) is 0 Å². The fourth-order valence-corrected chi connectivity index (χ4v) is 9.45. The first-order valence-corrected chi connectivity index (χ1v) is 21.2. The predicted molar refractivity (Wildman–Crippen MR) is 258 cm³/mol. The van der Waals surface area contributed by atoms with Crippen LogP contribution in [0, 0.1) is 0 Å². The zero-order valence-electron chi connectivity index (χ0n) is 33.9. The van der Waals surface area contributed by atoms with Crippen molar-refractivity contribution in [3.63, 3.8) is 0 Å². The molecule has 63 heavy (non-hydrogen) atoms. The minimum absolute atomic E-state index is 0.410. The lowest BCUT2D eigenvalue weighted by Crippen LogP contribution is -2.33. The van der Waals surface area contributed by atoms with Crippen LogP contribution in [0.15, 0.2) is 225 Å². The highest BCUT2D eigenvalue weighted by atomic mass is 16.3. The molecule has 1 atom stereocenters. The lowest BCUT2D eigenvalue weighted by molar-refractivity contribution is 0.662. The standard InChI is InChI=1S/C57H36N4O2/c1-4-13-35(14-5-1)37-24-28-49-46(31-37)45-21-12-20-42(54(45)61(49)41-17-8-3-9-18-41)38-25-29-51-47(32-38)48-33-39(26-30-52(48)62-51)56-58-55(36-15-6-2-7-16-36)59-57(60-56)40-23-27-44-43-19-10-11-22-50(43)63-53(44)34-40/h1-34,56H,(H,58,59,60). The van der Waals surface area contributed by atoms with Gasteiger partial charge < -0.3 is 18.7 Å². The highest BCUT2D eigenvalue weighted by Crippen LogP contribution is 2.42. The normalized spacial score (nSPS) is 14.2. The summed E-state index contributed by atoms with van der Waals surface area (Å²) in [6.45, 7) is 0. The fourth-order valence-electron chi connectivity index (χ4n) is 9.45. The smallest absolute Gasteiger partial charge is 0.159 e. The van der Waals surface area contributed by atoms with E-state index >= 15 is 0 Å². The average molecular weight is 809 g/mol. The Morgan fingerprint density at radius 1 is 0.413 bits per heavy atom. The summed E-state index contributed by atoms with van der Waals surface area (Å²) in [5.41, 5.74) is 14.3. The molecule has 0 spiro atoms. The van der Waals surface area contributed by atoms with Gasteiger partial charge in [0.05, 0.1) is 11.0 Å². The van der Waals surface area contributed by atoms with Crippen LogP contribution in [-0.4, -0.2) is 16.2 Å². The van der Waals surface area contributed by atoms with Crippen LogP contribution in [0.25, 0.3) is 93.6 Å². The first-order valence-electron chi connectivity index (χ1n) is 21.2. The number of fused-ring (bicyclic) bond motifs is 9. The lowest BCUT2D eigenvalue weighted by atomic mass is 9.98. The third-order valence-corrected chi connectivity index (χ3v) is 12.5. The number of nitrogens with zero attached hydrogens (tertiary/aromatic N) is 3. The number of aliphatic imine (C=N–C) groups is 2. The van der Waals surface area contributed by atoms with Crippen LogP contribution in [0.5, 0.6) is 0 Å². The van der Waals surface area contributed by atoms with Crippen molar-refractivity contribution in [3.8, 4) is 27.9 Å². The lowest BCUT2D eigenvalue weighted by Gasteiger charge is -2.23. The van der Waals surface area contributed by atoms with Gasteiger partial charge in [-0.1, -0.05) is 140 Å². The zero-order chi connectivity index (χ0) is 41.4. The van der Waals surface area contributed by atoms with Crippen LogP contribution in [0.3, 0.4) is 0 Å². The number of nitrogens with one attached hydrogen (secondary N) is 1. The van der Waals surface area contributed by atoms with Crippen molar-refractivity contribution in [1.29, 1.82) is 0 Å². The topological polar surface area (TPSA) is 68.0 Å². The van der Waals surface area contributed by atoms with Gasteiger partial charge in [0, 0.05) is 54.7 Å². The quantitative estimate of drug-likeness (QED) is 0.182. The first kappa shape index (κ1) is 35.3. The van der Waals surface area contributed by atoms with Crippen LogP contribution in [0.2, 0.25) is 0 Å². The van der Waals surface area contributed by atoms with E-state index in [-0.39, 0.29) is 0 Å². The van der Waals surface area contributed by atoms with Gasteiger partial charge in [0.25, 0.3) is 0 Å². The van der Waals surface area contributed by atoms with Crippen LogP contribution < -0.4 is 5.32 Å². The van der Waals surface area contributed by atoms with Crippen molar-refractivity contribution in [2.75, 3.05) is 0 Å². The molecule has 4 heterocycles. The Balaban J connectivity index is 0.942. The molecule has 0 fully saturated rings.